The van der Waals surface area contributed by atoms with E-state index in [2.05, 4.69) is 48.7 Å². The zero-order chi connectivity index (χ0) is 19.5. The first kappa shape index (κ1) is 18.7. The number of hydrogen-bond donors (Lipinski definition) is 0. The topological polar surface area (TPSA) is 38.1 Å². The second-order valence-electron chi connectivity index (χ2n) is 7.91. The quantitative estimate of drug-likeness (QED) is 0.515. The average Bonchev–Trinajstić information content (AvgIpc) is 3.27. The molecule has 0 N–H and O–H groups in total. The first-order chi connectivity index (χ1) is 13.7. The summed E-state index contributed by atoms with van der Waals surface area (Å²) in [4.78, 5) is 19.6. The summed E-state index contributed by atoms with van der Waals surface area (Å²) in [5, 5.41) is 0. The Kier molecular flexibility index (Phi) is 5.47. The molecular formula is C24H29N3O. The molecule has 1 aliphatic heterocycles. The third-order valence-electron chi connectivity index (χ3n) is 5.76. The monoisotopic (exact) mass is 375 g/mol. The Labute approximate surface area is 167 Å². The molecule has 146 valence electrons. The minimum atomic E-state index is 0.146. The molecule has 1 fully saturated rings. The zero-order valence-electron chi connectivity index (χ0n) is 16.9. The van der Waals surface area contributed by atoms with Crippen LogP contribution in [-0.4, -0.2) is 22.0 Å². The number of aromatic nitrogens is 2. The van der Waals surface area contributed by atoms with Gasteiger partial charge >= 0.3 is 0 Å². The van der Waals surface area contributed by atoms with E-state index in [-0.39, 0.29) is 11.8 Å². The molecule has 0 bridgehead atoms. The Morgan fingerprint density at radius 2 is 1.82 bits per heavy atom. The number of carbonyl (C=O) groups excluding carboxylic acids is 1. The molecule has 0 unspecified atom stereocenters. The summed E-state index contributed by atoms with van der Waals surface area (Å²) < 4.78 is 2.36. The number of nitrogens with zero attached hydrogens (tertiary/aromatic N) is 3. The summed E-state index contributed by atoms with van der Waals surface area (Å²) in [6.07, 6.45) is 5.43. The van der Waals surface area contributed by atoms with E-state index in [1.165, 1.54) is 30.3 Å². The fraction of sp³-hybridized carbons (Fsp3) is 0.417. The van der Waals surface area contributed by atoms with E-state index >= 15 is 0 Å². The van der Waals surface area contributed by atoms with Crippen LogP contribution in [0.25, 0.3) is 11.0 Å². The third kappa shape index (κ3) is 3.68. The van der Waals surface area contributed by atoms with E-state index in [0.717, 1.165) is 30.0 Å². The third-order valence-corrected chi connectivity index (χ3v) is 5.76. The molecule has 4 rings (SSSR count). The molecule has 2 aromatic carbocycles. The van der Waals surface area contributed by atoms with Gasteiger partial charge in [0.1, 0.15) is 5.82 Å². The predicted octanol–water partition coefficient (Wildman–Crippen LogP) is 5.45. The molecule has 0 aliphatic carbocycles. The second-order valence-corrected chi connectivity index (χ2v) is 7.91. The van der Waals surface area contributed by atoms with Crippen molar-refractivity contribution in [1.29, 1.82) is 0 Å². The maximum absolute atomic E-state index is 12.8. The Balaban J connectivity index is 1.61. The molecule has 4 heteroatoms. The maximum atomic E-state index is 12.8. The number of fused-ring (bicyclic) bond motifs is 1. The Morgan fingerprint density at radius 3 is 2.61 bits per heavy atom. The van der Waals surface area contributed by atoms with Crippen LogP contribution >= 0.6 is 0 Å². The molecule has 1 amide bonds. The fourth-order valence-corrected chi connectivity index (χ4v) is 4.19. The molecule has 0 radical (unpaired) electrons. The number of anilines is 1. The van der Waals surface area contributed by atoms with Gasteiger partial charge in [0.2, 0.25) is 5.91 Å². The normalized spacial score (nSPS) is 17.0. The standard InChI is InChI=1S/C24H29N3O/c1-3-4-5-8-15-26-22-10-7-6-9-21(22)25-24(26)19-16-23(28)27(17-19)20-13-11-18(2)12-14-20/h6-7,9-14,19H,3-5,8,15-17H2,1-2H3/t19-/m1/s1. The highest BCUT2D eigenvalue weighted by Gasteiger charge is 2.34. The number of benzene rings is 2. The fourth-order valence-electron chi connectivity index (χ4n) is 4.19. The highest BCUT2D eigenvalue weighted by Crippen LogP contribution is 2.33. The van der Waals surface area contributed by atoms with Gasteiger partial charge in [-0.05, 0) is 37.6 Å². The van der Waals surface area contributed by atoms with Crippen molar-refractivity contribution in [2.45, 2.75) is 58.4 Å². The van der Waals surface area contributed by atoms with Crippen LogP contribution in [0.2, 0.25) is 0 Å². The van der Waals surface area contributed by atoms with Gasteiger partial charge in [-0.3, -0.25) is 4.79 Å². The molecule has 28 heavy (non-hydrogen) atoms. The van der Waals surface area contributed by atoms with E-state index in [9.17, 15) is 4.79 Å². The number of rotatable bonds is 7. The van der Waals surface area contributed by atoms with E-state index in [1.807, 2.05) is 23.1 Å². The minimum Gasteiger partial charge on any atom is -0.328 e. The van der Waals surface area contributed by atoms with Crippen LogP contribution in [0.1, 0.15) is 56.3 Å². The summed E-state index contributed by atoms with van der Waals surface area (Å²) in [7, 11) is 0. The molecule has 2 heterocycles. The molecule has 0 saturated carbocycles. The lowest BCUT2D eigenvalue weighted by molar-refractivity contribution is -0.117. The number of para-hydroxylation sites is 2. The summed E-state index contributed by atoms with van der Waals surface area (Å²) >= 11 is 0. The Bertz CT molecular complexity index is 958. The van der Waals surface area contributed by atoms with Gasteiger partial charge in [-0.25, -0.2) is 4.98 Å². The van der Waals surface area contributed by atoms with Crippen molar-refractivity contribution in [3.63, 3.8) is 0 Å². The van der Waals surface area contributed by atoms with Gasteiger partial charge in [0.05, 0.1) is 11.0 Å². The van der Waals surface area contributed by atoms with Crippen LogP contribution in [0.5, 0.6) is 0 Å². The van der Waals surface area contributed by atoms with Crippen molar-refractivity contribution < 1.29 is 4.79 Å². The number of imidazole rings is 1. The van der Waals surface area contributed by atoms with Crippen LogP contribution in [0.3, 0.4) is 0 Å². The Hall–Kier alpha value is -2.62. The maximum Gasteiger partial charge on any atom is 0.227 e. The molecule has 1 atom stereocenters. The number of hydrogen-bond acceptors (Lipinski definition) is 2. The number of aryl methyl sites for hydroxylation is 2. The predicted molar refractivity (Wildman–Crippen MR) is 115 cm³/mol. The molecule has 4 nitrogen and oxygen atoms in total. The molecular weight excluding hydrogens is 346 g/mol. The summed E-state index contributed by atoms with van der Waals surface area (Å²) in [6, 6.07) is 16.6. The number of unbranched alkanes of at least 4 members (excludes halogenated alkanes) is 3. The lowest BCUT2D eigenvalue weighted by Crippen LogP contribution is -2.24. The molecule has 0 spiro atoms. The van der Waals surface area contributed by atoms with Gasteiger partial charge in [-0.15, -0.1) is 0 Å². The SMILES string of the molecule is CCCCCCn1c([C@@H]2CC(=O)N(c3ccc(C)cc3)C2)nc2ccccc21. The van der Waals surface area contributed by atoms with Crippen LogP contribution < -0.4 is 4.90 Å². The number of amides is 1. The largest absolute Gasteiger partial charge is 0.328 e. The average molecular weight is 376 g/mol. The van der Waals surface area contributed by atoms with Gasteiger partial charge in [0, 0.05) is 31.1 Å². The van der Waals surface area contributed by atoms with Gasteiger partial charge in [0.25, 0.3) is 0 Å². The first-order valence-corrected chi connectivity index (χ1v) is 10.5. The van der Waals surface area contributed by atoms with E-state index in [1.54, 1.807) is 0 Å². The van der Waals surface area contributed by atoms with Crippen LogP contribution in [0.4, 0.5) is 5.69 Å². The van der Waals surface area contributed by atoms with Gasteiger partial charge < -0.3 is 9.47 Å². The second kappa shape index (κ2) is 8.17. The van der Waals surface area contributed by atoms with Crippen LogP contribution in [0, 0.1) is 6.92 Å². The highest BCUT2D eigenvalue weighted by molar-refractivity contribution is 5.96. The molecule has 1 aromatic heterocycles. The van der Waals surface area contributed by atoms with Crippen molar-refractivity contribution in [1.82, 2.24) is 9.55 Å². The van der Waals surface area contributed by atoms with Gasteiger partial charge in [-0.1, -0.05) is 56.0 Å². The van der Waals surface area contributed by atoms with Gasteiger partial charge in [-0.2, -0.15) is 0 Å². The van der Waals surface area contributed by atoms with E-state index in [4.69, 9.17) is 4.98 Å². The lowest BCUT2D eigenvalue weighted by Gasteiger charge is -2.17. The zero-order valence-corrected chi connectivity index (χ0v) is 16.9. The van der Waals surface area contributed by atoms with Crippen molar-refractivity contribution in [2.24, 2.45) is 0 Å². The summed E-state index contributed by atoms with van der Waals surface area (Å²) in [5.74, 6) is 1.41. The molecule has 3 aromatic rings. The van der Waals surface area contributed by atoms with Crippen molar-refractivity contribution >= 4 is 22.6 Å². The van der Waals surface area contributed by atoms with Gasteiger partial charge in [0.15, 0.2) is 0 Å². The number of carbonyl (C=O) groups is 1. The lowest BCUT2D eigenvalue weighted by atomic mass is 10.1. The van der Waals surface area contributed by atoms with Crippen molar-refractivity contribution in [3.05, 3.63) is 59.9 Å². The minimum absolute atomic E-state index is 0.146. The van der Waals surface area contributed by atoms with Crippen molar-refractivity contribution in [3.8, 4) is 0 Å². The molecule has 1 aliphatic rings. The smallest absolute Gasteiger partial charge is 0.227 e. The van der Waals surface area contributed by atoms with Crippen LogP contribution in [0.15, 0.2) is 48.5 Å². The highest BCUT2D eigenvalue weighted by atomic mass is 16.2. The first-order valence-electron chi connectivity index (χ1n) is 10.5. The van der Waals surface area contributed by atoms with Crippen molar-refractivity contribution in [2.75, 3.05) is 11.4 Å². The Morgan fingerprint density at radius 1 is 1.04 bits per heavy atom. The van der Waals surface area contributed by atoms with Crippen LogP contribution in [-0.2, 0) is 11.3 Å². The van der Waals surface area contributed by atoms with E-state index in [0.29, 0.717) is 13.0 Å². The summed E-state index contributed by atoms with van der Waals surface area (Å²) in [6.45, 7) is 5.99. The van der Waals surface area contributed by atoms with E-state index < -0.39 is 0 Å². The molecule has 1 saturated heterocycles. The summed E-state index contributed by atoms with van der Waals surface area (Å²) in [5.41, 5.74) is 4.42.